The van der Waals surface area contributed by atoms with Gasteiger partial charge in [0.15, 0.2) is 6.17 Å². The molecule has 0 saturated carbocycles. The maximum atomic E-state index is 12.9. The van der Waals surface area contributed by atoms with Crippen LogP contribution < -0.4 is 16.8 Å². The van der Waals surface area contributed by atoms with E-state index in [1.54, 1.807) is 0 Å². The SMILES string of the molecule is C=CCOC(=O)N[C@@H](C[C@@H](F)C(N)=O)C(N)=O. The minimum atomic E-state index is -2.08. The molecule has 0 fully saturated rings. The molecular formula is C9H14FN3O4. The molecule has 0 aliphatic rings. The van der Waals surface area contributed by atoms with Crippen molar-refractivity contribution in [2.45, 2.75) is 18.6 Å². The molecule has 8 heteroatoms. The van der Waals surface area contributed by atoms with E-state index in [2.05, 4.69) is 17.0 Å². The van der Waals surface area contributed by atoms with Crippen LogP contribution >= 0.6 is 0 Å². The maximum absolute atomic E-state index is 12.9. The number of nitrogens with two attached hydrogens (primary N) is 2. The Bertz CT molecular complexity index is 321. The number of carbonyl (C=O) groups excluding carboxylic acids is 3. The lowest BCUT2D eigenvalue weighted by molar-refractivity contribution is -0.124. The van der Waals surface area contributed by atoms with Crippen molar-refractivity contribution in [1.82, 2.24) is 5.32 Å². The first-order valence-electron chi connectivity index (χ1n) is 4.65. The molecule has 0 aromatic heterocycles. The summed E-state index contributed by atoms with van der Waals surface area (Å²) in [6.45, 7) is 3.22. The highest BCUT2D eigenvalue weighted by Gasteiger charge is 2.26. The second-order valence-corrected chi connectivity index (χ2v) is 3.09. The number of hydrogen-bond donors (Lipinski definition) is 3. The van der Waals surface area contributed by atoms with Crippen LogP contribution in [0, 0.1) is 0 Å². The summed E-state index contributed by atoms with van der Waals surface area (Å²) in [6, 6.07) is -1.37. The molecule has 0 bridgehead atoms. The van der Waals surface area contributed by atoms with E-state index in [1.165, 1.54) is 6.08 Å². The van der Waals surface area contributed by atoms with Crippen molar-refractivity contribution in [1.29, 1.82) is 0 Å². The van der Waals surface area contributed by atoms with E-state index in [9.17, 15) is 18.8 Å². The summed E-state index contributed by atoms with van der Waals surface area (Å²) < 4.78 is 17.4. The van der Waals surface area contributed by atoms with Gasteiger partial charge in [-0.3, -0.25) is 9.59 Å². The van der Waals surface area contributed by atoms with E-state index < -0.39 is 36.5 Å². The largest absolute Gasteiger partial charge is 0.445 e. The van der Waals surface area contributed by atoms with Gasteiger partial charge >= 0.3 is 6.09 Å². The molecular weight excluding hydrogens is 233 g/mol. The number of nitrogens with one attached hydrogen (secondary N) is 1. The summed E-state index contributed by atoms with van der Waals surface area (Å²) in [5.41, 5.74) is 9.59. The van der Waals surface area contributed by atoms with E-state index >= 15 is 0 Å². The first-order valence-corrected chi connectivity index (χ1v) is 4.65. The minimum Gasteiger partial charge on any atom is -0.445 e. The molecule has 0 saturated heterocycles. The highest BCUT2D eigenvalue weighted by Crippen LogP contribution is 2.02. The summed E-state index contributed by atoms with van der Waals surface area (Å²) in [6.07, 6.45) is -2.37. The van der Waals surface area contributed by atoms with Crippen molar-refractivity contribution in [3.8, 4) is 0 Å². The molecule has 0 spiro atoms. The Kier molecular flexibility index (Phi) is 6.30. The number of alkyl halides is 1. The van der Waals surface area contributed by atoms with Crippen LogP contribution in [-0.2, 0) is 14.3 Å². The molecule has 3 amide bonds. The highest BCUT2D eigenvalue weighted by atomic mass is 19.1. The number of rotatable bonds is 7. The van der Waals surface area contributed by atoms with Crippen LogP contribution in [0.15, 0.2) is 12.7 Å². The minimum absolute atomic E-state index is 0.0772. The van der Waals surface area contributed by atoms with E-state index in [4.69, 9.17) is 5.73 Å². The Morgan fingerprint density at radius 3 is 2.35 bits per heavy atom. The average Bonchev–Trinajstić information content (AvgIpc) is 2.24. The predicted octanol–water partition coefficient (Wildman–Crippen LogP) is -1.03. The normalized spacial score (nSPS) is 13.2. The third-order valence-electron chi connectivity index (χ3n) is 1.72. The molecule has 2 atom stereocenters. The molecule has 5 N–H and O–H groups in total. The average molecular weight is 247 g/mol. The summed E-state index contributed by atoms with van der Waals surface area (Å²) >= 11 is 0. The van der Waals surface area contributed by atoms with E-state index in [1.807, 2.05) is 5.32 Å². The number of amides is 3. The summed E-state index contributed by atoms with van der Waals surface area (Å²) in [4.78, 5) is 32.4. The molecule has 0 aliphatic heterocycles. The molecule has 96 valence electrons. The Labute approximate surface area is 97.0 Å². The zero-order chi connectivity index (χ0) is 13.4. The topological polar surface area (TPSA) is 125 Å². The van der Waals surface area contributed by atoms with Gasteiger partial charge in [0.05, 0.1) is 0 Å². The van der Waals surface area contributed by atoms with Gasteiger partial charge in [0.2, 0.25) is 5.91 Å². The van der Waals surface area contributed by atoms with E-state index in [-0.39, 0.29) is 6.61 Å². The van der Waals surface area contributed by atoms with Crippen molar-refractivity contribution in [3.63, 3.8) is 0 Å². The summed E-state index contributed by atoms with van der Waals surface area (Å²) in [5, 5.41) is 2.01. The van der Waals surface area contributed by atoms with Gasteiger partial charge in [0.1, 0.15) is 12.6 Å². The monoisotopic (exact) mass is 247 g/mol. The summed E-state index contributed by atoms with van der Waals surface area (Å²) in [7, 11) is 0. The molecule has 17 heavy (non-hydrogen) atoms. The number of hydrogen-bond acceptors (Lipinski definition) is 4. The van der Waals surface area contributed by atoms with Gasteiger partial charge < -0.3 is 21.5 Å². The molecule has 0 unspecified atom stereocenters. The standard InChI is InChI=1S/C9H14FN3O4/c1-2-3-17-9(16)13-6(8(12)15)4-5(10)7(11)14/h2,5-6H,1,3-4H2,(H2,11,14)(H2,12,15)(H,13,16)/t5-,6+/m1/s1. The van der Waals surface area contributed by atoms with Crippen LogP contribution in [0.1, 0.15) is 6.42 Å². The third kappa shape index (κ3) is 6.13. The molecule has 0 aliphatic carbocycles. The molecule has 7 nitrogen and oxygen atoms in total. The van der Waals surface area contributed by atoms with Crippen LogP contribution in [-0.4, -0.2) is 36.7 Å². The van der Waals surface area contributed by atoms with Gasteiger partial charge in [-0.25, -0.2) is 9.18 Å². The second-order valence-electron chi connectivity index (χ2n) is 3.09. The van der Waals surface area contributed by atoms with Crippen LogP contribution in [0.2, 0.25) is 0 Å². The fourth-order valence-electron chi connectivity index (χ4n) is 0.888. The molecule has 0 rings (SSSR count). The van der Waals surface area contributed by atoms with Crippen molar-refractivity contribution >= 4 is 17.9 Å². The quantitative estimate of drug-likeness (QED) is 0.497. The van der Waals surface area contributed by atoms with Crippen molar-refractivity contribution in [2.75, 3.05) is 6.61 Å². The molecule has 0 heterocycles. The number of carbonyl (C=O) groups is 3. The fourth-order valence-corrected chi connectivity index (χ4v) is 0.888. The Morgan fingerprint density at radius 2 is 1.94 bits per heavy atom. The maximum Gasteiger partial charge on any atom is 0.408 e. The first kappa shape index (κ1) is 14.9. The highest BCUT2D eigenvalue weighted by molar-refractivity contribution is 5.86. The lowest BCUT2D eigenvalue weighted by atomic mass is 10.1. The van der Waals surface area contributed by atoms with Gasteiger partial charge in [-0.15, -0.1) is 0 Å². The Balaban J connectivity index is 4.34. The van der Waals surface area contributed by atoms with Gasteiger partial charge in [-0.05, 0) is 0 Å². The molecule has 0 aromatic rings. The van der Waals surface area contributed by atoms with E-state index in [0.717, 1.165) is 0 Å². The lowest BCUT2D eigenvalue weighted by Crippen LogP contribution is -2.47. The number of ether oxygens (including phenoxy) is 1. The number of halogens is 1. The Hall–Kier alpha value is -2.12. The molecule has 0 radical (unpaired) electrons. The van der Waals surface area contributed by atoms with E-state index in [0.29, 0.717) is 0 Å². The van der Waals surface area contributed by atoms with Gasteiger partial charge in [-0.2, -0.15) is 0 Å². The third-order valence-corrected chi connectivity index (χ3v) is 1.72. The van der Waals surface area contributed by atoms with Gasteiger partial charge in [-0.1, -0.05) is 12.7 Å². The van der Waals surface area contributed by atoms with Gasteiger partial charge in [0.25, 0.3) is 5.91 Å². The van der Waals surface area contributed by atoms with Gasteiger partial charge in [0, 0.05) is 6.42 Å². The Morgan fingerprint density at radius 1 is 1.35 bits per heavy atom. The summed E-state index contributed by atoms with van der Waals surface area (Å²) in [5.74, 6) is -2.23. The van der Waals surface area contributed by atoms with Crippen LogP contribution in [0.3, 0.4) is 0 Å². The zero-order valence-corrected chi connectivity index (χ0v) is 9.02. The lowest BCUT2D eigenvalue weighted by Gasteiger charge is -2.15. The predicted molar refractivity (Wildman–Crippen MR) is 56.4 cm³/mol. The first-order chi connectivity index (χ1) is 7.88. The number of primary amides is 2. The second kappa shape index (κ2) is 7.20. The van der Waals surface area contributed by atoms with Crippen molar-refractivity contribution in [2.24, 2.45) is 11.5 Å². The zero-order valence-electron chi connectivity index (χ0n) is 9.02. The fraction of sp³-hybridized carbons (Fsp3) is 0.444. The smallest absolute Gasteiger partial charge is 0.408 e. The number of alkyl carbamates (subject to hydrolysis) is 1. The van der Waals surface area contributed by atoms with Crippen molar-refractivity contribution in [3.05, 3.63) is 12.7 Å². The van der Waals surface area contributed by atoms with Crippen LogP contribution in [0.5, 0.6) is 0 Å². The van der Waals surface area contributed by atoms with Crippen LogP contribution in [0.4, 0.5) is 9.18 Å². The molecule has 0 aromatic carbocycles. The van der Waals surface area contributed by atoms with Crippen LogP contribution in [0.25, 0.3) is 0 Å². The van der Waals surface area contributed by atoms with Crippen molar-refractivity contribution < 1.29 is 23.5 Å².